The first-order valence-corrected chi connectivity index (χ1v) is 4.94. The Labute approximate surface area is 75.6 Å². The van der Waals surface area contributed by atoms with Crippen molar-refractivity contribution in [1.82, 2.24) is 0 Å². The van der Waals surface area contributed by atoms with Crippen LogP contribution in [-0.2, 0) is 0 Å². The first kappa shape index (κ1) is 7.78. The van der Waals surface area contributed by atoms with Crippen LogP contribution in [0.4, 0.5) is 0 Å². The molecule has 1 heterocycles. The number of nitrogens with zero attached hydrogens (tertiary/aromatic N) is 1. The van der Waals surface area contributed by atoms with Gasteiger partial charge in [-0.05, 0) is 35.8 Å². The van der Waals surface area contributed by atoms with Crippen molar-refractivity contribution in [1.29, 1.82) is 5.26 Å². The van der Waals surface area contributed by atoms with E-state index in [0.717, 1.165) is 10.4 Å². The van der Waals surface area contributed by atoms with Crippen LogP contribution in [0.2, 0.25) is 0 Å². The normalized spacial score (nSPS) is 18.7. The molecular weight excluding hydrogens is 168 g/mol. The number of nitriles is 1. The number of thiophene rings is 1. The van der Waals surface area contributed by atoms with Gasteiger partial charge in [0.25, 0.3) is 0 Å². The molecule has 1 aromatic heterocycles. The topological polar surface area (TPSA) is 49.8 Å². The largest absolute Gasteiger partial charge is 0.324 e. The van der Waals surface area contributed by atoms with Crippen molar-refractivity contribution >= 4 is 11.3 Å². The molecule has 0 radical (unpaired) electrons. The molecular formula is C9H10N2S. The first-order chi connectivity index (χ1) is 5.83. The van der Waals surface area contributed by atoms with E-state index in [-0.39, 0.29) is 6.04 Å². The highest BCUT2D eigenvalue weighted by molar-refractivity contribution is 7.10. The van der Waals surface area contributed by atoms with E-state index < -0.39 is 0 Å². The van der Waals surface area contributed by atoms with Gasteiger partial charge in [0.05, 0.1) is 0 Å². The quantitative estimate of drug-likeness (QED) is 0.753. The minimum atomic E-state index is 0.103. The van der Waals surface area contributed by atoms with Crippen LogP contribution in [0, 0.1) is 17.2 Å². The Morgan fingerprint density at radius 1 is 1.67 bits per heavy atom. The predicted octanol–water partition coefficient (Wildman–Crippen LogP) is 2.03. The number of rotatable bonds is 2. The molecule has 1 fully saturated rings. The monoisotopic (exact) mass is 178 g/mol. The predicted molar refractivity (Wildman–Crippen MR) is 48.7 cm³/mol. The molecule has 0 unspecified atom stereocenters. The summed E-state index contributed by atoms with van der Waals surface area (Å²) in [5.41, 5.74) is 7.02. The van der Waals surface area contributed by atoms with Crippen molar-refractivity contribution < 1.29 is 0 Å². The van der Waals surface area contributed by atoms with E-state index in [0.29, 0.717) is 5.92 Å². The number of nitrogens with two attached hydrogens (primary N) is 1. The van der Waals surface area contributed by atoms with Crippen LogP contribution < -0.4 is 5.73 Å². The Bertz CT molecular complexity index is 320. The standard InChI is InChI=1S/C9H10N2S/c10-5-8-7(3-4-12-8)9(11)6-1-2-6/h3-4,6,9H,1-2,11H2/t9-/m1/s1. The fourth-order valence-electron chi connectivity index (χ4n) is 1.38. The van der Waals surface area contributed by atoms with Crippen LogP contribution in [0.5, 0.6) is 0 Å². The molecule has 62 valence electrons. The van der Waals surface area contributed by atoms with Crippen LogP contribution in [-0.4, -0.2) is 0 Å². The van der Waals surface area contributed by atoms with Crippen LogP contribution in [0.25, 0.3) is 0 Å². The van der Waals surface area contributed by atoms with Gasteiger partial charge in [-0.3, -0.25) is 0 Å². The Balaban J connectivity index is 2.26. The maximum Gasteiger partial charge on any atom is 0.110 e. The van der Waals surface area contributed by atoms with Crippen molar-refractivity contribution in [2.75, 3.05) is 0 Å². The van der Waals surface area contributed by atoms with E-state index >= 15 is 0 Å². The lowest BCUT2D eigenvalue weighted by molar-refractivity contribution is 0.634. The zero-order chi connectivity index (χ0) is 8.55. The fraction of sp³-hybridized carbons (Fsp3) is 0.444. The summed E-state index contributed by atoms with van der Waals surface area (Å²) in [5, 5.41) is 10.7. The van der Waals surface area contributed by atoms with Gasteiger partial charge in [0, 0.05) is 6.04 Å². The molecule has 0 aliphatic heterocycles. The second-order valence-electron chi connectivity index (χ2n) is 3.18. The highest BCUT2D eigenvalue weighted by Gasteiger charge is 2.31. The van der Waals surface area contributed by atoms with Gasteiger partial charge in [0.15, 0.2) is 0 Å². The maximum atomic E-state index is 8.76. The zero-order valence-corrected chi connectivity index (χ0v) is 7.47. The van der Waals surface area contributed by atoms with Crippen molar-refractivity contribution in [2.45, 2.75) is 18.9 Å². The third kappa shape index (κ3) is 1.24. The summed E-state index contributed by atoms with van der Waals surface area (Å²) in [5.74, 6) is 0.631. The van der Waals surface area contributed by atoms with Crippen molar-refractivity contribution in [3.8, 4) is 6.07 Å². The third-order valence-corrected chi connectivity index (χ3v) is 3.12. The molecule has 1 aromatic rings. The van der Waals surface area contributed by atoms with E-state index in [1.54, 1.807) is 0 Å². The average molecular weight is 178 g/mol. The average Bonchev–Trinajstić information content (AvgIpc) is 2.82. The molecule has 0 spiro atoms. The third-order valence-electron chi connectivity index (χ3n) is 2.29. The van der Waals surface area contributed by atoms with Gasteiger partial charge in [-0.25, -0.2) is 0 Å². The molecule has 3 heteroatoms. The summed E-state index contributed by atoms with van der Waals surface area (Å²) in [4.78, 5) is 0.786. The molecule has 1 saturated carbocycles. The van der Waals surface area contributed by atoms with Crippen molar-refractivity contribution in [3.63, 3.8) is 0 Å². The van der Waals surface area contributed by atoms with Gasteiger partial charge in [-0.2, -0.15) is 5.26 Å². The summed E-state index contributed by atoms with van der Waals surface area (Å²) in [6.07, 6.45) is 2.45. The summed E-state index contributed by atoms with van der Waals surface area (Å²) < 4.78 is 0. The first-order valence-electron chi connectivity index (χ1n) is 4.06. The lowest BCUT2D eigenvalue weighted by Gasteiger charge is -2.07. The molecule has 0 aromatic carbocycles. The Morgan fingerprint density at radius 3 is 3.00 bits per heavy atom. The van der Waals surface area contributed by atoms with Crippen LogP contribution in [0.15, 0.2) is 11.4 Å². The molecule has 0 amide bonds. The summed E-state index contributed by atoms with van der Waals surface area (Å²) in [6.45, 7) is 0. The van der Waals surface area contributed by atoms with Gasteiger partial charge in [-0.15, -0.1) is 11.3 Å². The van der Waals surface area contributed by atoms with E-state index in [2.05, 4.69) is 6.07 Å². The van der Waals surface area contributed by atoms with Crippen LogP contribution in [0.1, 0.15) is 29.3 Å². The smallest absolute Gasteiger partial charge is 0.110 e. The second-order valence-corrected chi connectivity index (χ2v) is 4.10. The zero-order valence-electron chi connectivity index (χ0n) is 6.66. The Hall–Kier alpha value is -0.850. The number of hydrogen-bond acceptors (Lipinski definition) is 3. The van der Waals surface area contributed by atoms with Crippen molar-refractivity contribution in [3.05, 3.63) is 21.9 Å². The molecule has 2 N–H and O–H groups in total. The lowest BCUT2D eigenvalue weighted by Crippen LogP contribution is -2.12. The number of hydrogen-bond donors (Lipinski definition) is 1. The second kappa shape index (κ2) is 2.89. The van der Waals surface area contributed by atoms with E-state index in [1.807, 2.05) is 11.4 Å². The molecule has 0 bridgehead atoms. The minimum Gasteiger partial charge on any atom is -0.324 e. The van der Waals surface area contributed by atoms with Gasteiger partial charge < -0.3 is 5.73 Å². The Kier molecular flexibility index (Phi) is 1.87. The van der Waals surface area contributed by atoms with Gasteiger partial charge >= 0.3 is 0 Å². The lowest BCUT2D eigenvalue weighted by atomic mass is 10.1. The molecule has 1 aliphatic rings. The molecule has 2 rings (SSSR count). The summed E-state index contributed by atoms with van der Waals surface area (Å²) >= 11 is 1.48. The fourth-order valence-corrected chi connectivity index (χ4v) is 2.13. The van der Waals surface area contributed by atoms with Crippen LogP contribution >= 0.6 is 11.3 Å². The van der Waals surface area contributed by atoms with E-state index in [1.165, 1.54) is 24.2 Å². The highest BCUT2D eigenvalue weighted by atomic mass is 32.1. The minimum absolute atomic E-state index is 0.103. The van der Waals surface area contributed by atoms with E-state index in [9.17, 15) is 0 Å². The van der Waals surface area contributed by atoms with Gasteiger partial charge in [-0.1, -0.05) is 0 Å². The Morgan fingerprint density at radius 2 is 2.42 bits per heavy atom. The van der Waals surface area contributed by atoms with Crippen LogP contribution in [0.3, 0.4) is 0 Å². The molecule has 12 heavy (non-hydrogen) atoms. The highest BCUT2D eigenvalue weighted by Crippen LogP contribution is 2.41. The maximum absolute atomic E-state index is 8.76. The molecule has 2 nitrogen and oxygen atoms in total. The summed E-state index contributed by atoms with van der Waals surface area (Å²) in [7, 11) is 0. The SMILES string of the molecule is N#Cc1sccc1[C@H](N)C1CC1. The van der Waals surface area contributed by atoms with E-state index in [4.69, 9.17) is 11.0 Å². The summed E-state index contributed by atoms with van der Waals surface area (Å²) in [6, 6.07) is 4.26. The van der Waals surface area contributed by atoms with Crippen molar-refractivity contribution in [2.24, 2.45) is 11.7 Å². The molecule has 0 saturated heterocycles. The van der Waals surface area contributed by atoms with Gasteiger partial charge in [0.2, 0.25) is 0 Å². The van der Waals surface area contributed by atoms with Gasteiger partial charge in [0.1, 0.15) is 10.9 Å². The molecule has 1 atom stereocenters. The molecule has 1 aliphatic carbocycles.